The summed E-state index contributed by atoms with van der Waals surface area (Å²) in [7, 11) is 1.83. The van der Waals surface area contributed by atoms with Gasteiger partial charge in [0.2, 0.25) is 5.95 Å². The van der Waals surface area contributed by atoms with Crippen LogP contribution in [-0.2, 0) is 0 Å². The van der Waals surface area contributed by atoms with Crippen LogP contribution >= 0.6 is 0 Å². The van der Waals surface area contributed by atoms with Gasteiger partial charge in [-0.05, 0) is 48.7 Å². The monoisotopic (exact) mass is 430 g/mol. The molecule has 0 bridgehead atoms. The van der Waals surface area contributed by atoms with Gasteiger partial charge in [0.1, 0.15) is 0 Å². The van der Waals surface area contributed by atoms with E-state index >= 15 is 0 Å². The van der Waals surface area contributed by atoms with Gasteiger partial charge in [0, 0.05) is 57.5 Å². The van der Waals surface area contributed by atoms with Crippen LogP contribution in [0.1, 0.15) is 41.4 Å². The van der Waals surface area contributed by atoms with Crippen molar-refractivity contribution in [1.82, 2.24) is 15.0 Å². The summed E-state index contributed by atoms with van der Waals surface area (Å²) in [6.07, 6.45) is 5.10. The predicted molar refractivity (Wildman–Crippen MR) is 129 cm³/mol. The van der Waals surface area contributed by atoms with E-state index in [0.29, 0.717) is 11.5 Å². The Bertz CT molecular complexity index is 1080. The van der Waals surface area contributed by atoms with E-state index < -0.39 is 0 Å². The molecule has 1 fully saturated rings. The summed E-state index contributed by atoms with van der Waals surface area (Å²) in [5.41, 5.74) is 4.80. The zero-order chi connectivity index (χ0) is 22.7. The van der Waals surface area contributed by atoms with Crippen LogP contribution in [0.2, 0.25) is 0 Å². The number of benzene rings is 1. The number of anilines is 3. The van der Waals surface area contributed by atoms with Crippen molar-refractivity contribution in [2.75, 3.05) is 47.9 Å². The zero-order valence-electron chi connectivity index (χ0n) is 19.2. The summed E-state index contributed by atoms with van der Waals surface area (Å²) in [6, 6.07) is 11.9. The molecule has 0 saturated carbocycles. The van der Waals surface area contributed by atoms with E-state index in [4.69, 9.17) is 0 Å². The summed E-state index contributed by atoms with van der Waals surface area (Å²) in [5.74, 6) is 1.12. The van der Waals surface area contributed by atoms with Gasteiger partial charge in [0.25, 0.3) is 5.91 Å². The third-order valence-corrected chi connectivity index (χ3v) is 5.93. The molecule has 1 aliphatic heterocycles. The van der Waals surface area contributed by atoms with Gasteiger partial charge in [0.05, 0.1) is 16.9 Å². The molecule has 4 rings (SSSR count). The minimum Gasteiger partial charge on any atom is -0.366 e. The second kappa shape index (κ2) is 9.34. The molecule has 1 aliphatic rings. The highest BCUT2D eigenvalue weighted by Crippen LogP contribution is 2.34. The summed E-state index contributed by atoms with van der Waals surface area (Å²) in [4.78, 5) is 32.5. The Balaban J connectivity index is 1.60. The van der Waals surface area contributed by atoms with Crippen LogP contribution in [0.25, 0.3) is 0 Å². The first-order valence-electron chi connectivity index (χ1n) is 11.1. The van der Waals surface area contributed by atoms with Crippen LogP contribution < -0.4 is 14.7 Å². The second-order valence-corrected chi connectivity index (χ2v) is 8.48. The first kappa shape index (κ1) is 21.7. The van der Waals surface area contributed by atoms with Crippen molar-refractivity contribution >= 4 is 23.2 Å². The molecule has 7 nitrogen and oxygen atoms in total. The van der Waals surface area contributed by atoms with Crippen molar-refractivity contribution in [2.45, 2.75) is 26.7 Å². The standard InChI is InChI=1S/C25H30N6O/c1-18(2)20-7-8-22(29(4)24(32)21-6-5-10-26-17-21)23(16-20)30-12-14-31(15-13-30)25-27-11-9-19(3)28-25/h5-11,16-18H,12-15H2,1-4H3. The number of carbonyl (C=O) groups excluding carboxylic acids is 1. The van der Waals surface area contributed by atoms with Gasteiger partial charge in [0.15, 0.2) is 0 Å². The molecule has 1 aromatic carbocycles. The Labute approximate surface area is 189 Å². The Morgan fingerprint density at radius 2 is 1.78 bits per heavy atom. The molecular formula is C25H30N6O. The molecule has 0 radical (unpaired) electrons. The topological polar surface area (TPSA) is 65.5 Å². The molecule has 32 heavy (non-hydrogen) atoms. The highest BCUT2D eigenvalue weighted by Gasteiger charge is 2.24. The lowest BCUT2D eigenvalue weighted by atomic mass is 10.0. The van der Waals surface area contributed by atoms with Gasteiger partial charge >= 0.3 is 0 Å². The third-order valence-electron chi connectivity index (χ3n) is 5.93. The molecule has 0 aliphatic carbocycles. The summed E-state index contributed by atoms with van der Waals surface area (Å²) >= 11 is 0. The van der Waals surface area contributed by atoms with Gasteiger partial charge in [-0.25, -0.2) is 9.97 Å². The number of aromatic nitrogens is 3. The number of amides is 1. The maximum absolute atomic E-state index is 13.1. The molecular weight excluding hydrogens is 400 g/mol. The number of hydrogen-bond acceptors (Lipinski definition) is 6. The molecule has 166 valence electrons. The van der Waals surface area contributed by atoms with Crippen LogP contribution in [0.5, 0.6) is 0 Å². The Morgan fingerprint density at radius 3 is 2.44 bits per heavy atom. The molecule has 0 unspecified atom stereocenters. The Morgan fingerprint density at radius 1 is 1.03 bits per heavy atom. The van der Waals surface area contributed by atoms with E-state index in [9.17, 15) is 4.79 Å². The second-order valence-electron chi connectivity index (χ2n) is 8.48. The molecule has 3 aromatic rings. The summed E-state index contributed by atoms with van der Waals surface area (Å²) < 4.78 is 0. The number of carbonyl (C=O) groups is 1. The van der Waals surface area contributed by atoms with Crippen molar-refractivity contribution in [3.8, 4) is 0 Å². The highest BCUT2D eigenvalue weighted by atomic mass is 16.2. The summed E-state index contributed by atoms with van der Waals surface area (Å²) in [6.45, 7) is 9.69. The van der Waals surface area contributed by atoms with Gasteiger partial charge in [-0.3, -0.25) is 9.78 Å². The Hall–Kier alpha value is -3.48. The van der Waals surface area contributed by atoms with Crippen molar-refractivity contribution in [1.29, 1.82) is 0 Å². The lowest BCUT2D eigenvalue weighted by Crippen LogP contribution is -2.47. The predicted octanol–water partition coefficient (Wildman–Crippen LogP) is 3.91. The van der Waals surface area contributed by atoms with Crippen molar-refractivity contribution in [3.05, 3.63) is 71.8 Å². The average molecular weight is 431 g/mol. The maximum atomic E-state index is 13.1. The van der Waals surface area contributed by atoms with E-state index in [1.807, 2.05) is 26.2 Å². The normalized spacial score (nSPS) is 14.0. The number of rotatable bonds is 5. The minimum absolute atomic E-state index is 0.0663. The lowest BCUT2D eigenvalue weighted by Gasteiger charge is -2.38. The third kappa shape index (κ3) is 4.56. The Kier molecular flexibility index (Phi) is 6.35. The smallest absolute Gasteiger partial charge is 0.259 e. The molecule has 7 heteroatoms. The molecule has 3 heterocycles. The molecule has 0 N–H and O–H groups in total. The fourth-order valence-corrected chi connectivity index (χ4v) is 3.96. The number of pyridine rings is 1. The summed E-state index contributed by atoms with van der Waals surface area (Å²) in [5, 5.41) is 0. The van der Waals surface area contributed by atoms with Gasteiger partial charge in [-0.15, -0.1) is 0 Å². The zero-order valence-corrected chi connectivity index (χ0v) is 19.2. The van der Waals surface area contributed by atoms with Crippen molar-refractivity contribution < 1.29 is 4.79 Å². The van der Waals surface area contributed by atoms with Gasteiger partial charge in [-0.2, -0.15) is 0 Å². The molecule has 1 saturated heterocycles. The number of aryl methyl sites for hydroxylation is 1. The van der Waals surface area contributed by atoms with Gasteiger partial charge in [-0.1, -0.05) is 19.9 Å². The number of nitrogens with zero attached hydrogens (tertiary/aromatic N) is 6. The van der Waals surface area contributed by atoms with Crippen LogP contribution in [0.15, 0.2) is 55.0 Å². The maximum Gasteiger partial charge on any atom is 0.259 e. The number of hydrogen-bond donors (Lipinski definition) is 0. The largest absolute Gasteiger partial charge is 0.366 e. The van der Waals surface area contributed by atoms with Crippen LogP contribution in [0.3, 0.4) is 0 Å². The van der Waals surface area contributed by atoms with Crippen molar-refractivity contribution in [3.63, 3.8) is 0 Å². The average Bonchev–Trinajstić information content (AvgIpc) is 2.83. The van der Waals surface area contributed by atoms with Crippen LogP contribution in [-0.4, -0.2) is 54.1 Å². The van der Waals surface area contributed by atoms with Crippen LogP contribution in [0.4, 0.5) is 17.3 Å². The molecule has 0 atom stereocenters. The fourth-order valence-electron chi connectivity index (χ4n) is 3.96. The van der Waals surface area contributed by atoms with E-state index in [-0.39, 0.29) is 5.91 Å². The minimum atomic E-state index is -0.0663. The number of piperazine rings is 1. The molecule has 0 spiro atoms. The molecule has 2 aromatic heterocycles. The first-order chi connectivity index (χ1) is 15.4. The van der Waals surface area contributed by atoms with E-state index in [0.717, 1.165) is 49.2 Å². The molecule has 1 amide bonds. The van der Waals surface area contributed by atoms with E-state index in [1.54, 1.807) is 29.4 Å². The van der Waals surface area contributed by atoms with E-state index in [1.165, 1.54) is 5.56 Å². The first-order valence-corrected chi connectivity index (χ1v) is 11.1. The lowest BCUT2D eigenvalue weighted by molar-refractivity contribution is 0.0992. The van der Waals surface area contributed by atoms with Gasteiger partial charge < -0.3 is 14.7 Å². The highest BCUT2D eigenvalue weighted by molar-refractivity contribution is 6.07. The van der Waals surface area contributed by atoms with Crippen molar-refractivity contribution in [2.24, 2.45) is 0 Å². The van der Waals surface area contributed by atoms with Crippen LogP contribution in [0, 0.1) is 6.92 Å². The quantitative estimate of drug-likeness (QED) is 0.612. The van der Waals surface area contributed by atoms with E-state index in [2.05, 4.69) is 56.8 Å². The SMILES string of the molecule is Cc1ccnc(N2CCN(c3cc(C(C)C)ccc3N(C)C(=O)c3cccnc3)CC2)n1. The fraction of sp³-hybridized carbons (Fsp3) is 0.360.